The normalized spacial score (nSPS) is 10.2. The molecule has 0 aliphatic rings. The maximum absolute atomic E-state index is 11.9. The number of urea groups is 1. The summed E-state index contributed by atoms with van der Waals surface area (Å²) < 4.78 is 0.936. The molecule has 0 spiro atoms. The number of carbonyl (C=O) groups excluding carboxylic acids is 2. The van der Waals surface area contributed by atoms with Gasteiger partial charge in [-0.1, -0.05) is 22.9 Å². The average molecular weight is 423 g/mol. The van der Waals surface area contributed by atoms with Crippen LogP contribution in [0.1, 0.15) is 13.3 Å². The first-order valence-corrected chi connectivity index (χ1v) is 9.54. The van der Waals surface area contributed by atoms with E-state index in [-0.39, 0.29) is 24.9 Å². The van der Waals surface area contributed by atoms with Gasteiger partial charge in [0.25, 0.3) is 0 Å². The number of hydrogen-bond acceptors (Lipinski definition) is 4. The molecular formula is C17H19BrN4O2S. The van der Waals surface area contributed by atoms with Gasteiger partial charge in [-0.25, -0.2) is 9.78 Å². The van der Waals surface area contributed by atoms with Gasteiger partial charge in [0, 0.05) is 23.1 Å². The zero-order chi connectivity index (χ0) is 18.1. The van der Waals surface area contributed by atoms with Crippen molar-refractivity contribution in [1.82, 2.24) is 10.3 Å². The Morgan fingerprint density at radius 1 is 1.08 bits per heavy atom. The summed E-state index contributed by atoms with van der Waals surface area (Å²) in [6.45, 7) is 2.30. The van der Waals surface area contributed by atoms with Gasteiger partial charge in [-0.3, -0.25) is 4.79 Å². The van der Waals surface area contributed by atoms with E-state index in [0.717, 1.165) is 15.3 Å². The van der Waals surface area contributed by atoms with Crippen LogP contribution in [0.5, 0.6) is 0 Å². The molecule has 1 aromatic heterocycles. The first kappa shape index (κ1) is 19.3. The van der Waals surface area contributed by atoms with Gasteiger partial charge in [0.15, 0.2) is 0 Å². The second-order valence-electron chi connectivity index (χ2n) is 5.00. The van der Waals surface area contributed by atoms with Crippen LogP contribution in [0.2, 0.25) is 0 Å². The van der Waals surface area contributed by atoms with Crippen molar-refractivity contribution in [2.45, 2.75) is 18.4 Å². The Morgan fingerprint density at radius 3 is 2.44 bits per heavy atom. The van der Waals surface area contributed by atoms with Crippen molar-refractivity contribution in [2.75, 3.05) is 22.9 Å². The number of nitrogens with one attached hydrogen (secondary N) is 3. The molecular weight excluding hydrogens is 404 g/mol. The standard InChI is InChI=1S/C17H19BrN4O2S/c1-2-25-16-8-7-14(11-20-16)21-15(23)9-10-19-17(24)22-13-5-3-12(18)4-6-13/h3-8,11H,2,9-10H2,1H3,(H,21,23)(H2,19,22,24). The number of nitrogens with zero attached hydrogens (tertiary/aromatic N) is 1. The van der Waals surface area contributed by atoms with Crippen molar-refractivity contribution in [1.29, 1.82) is 0 Å². The summed E-state index contributed by atoms with van der Waals surface area (Å²) in [6.07, 6.45) is 1.81. The Hall–Kier alpha value is -2.06. The topological polar surface area (TPSA) is 83.1 Å². The minimum absolute atomic E-state index is 0.179. The first-order valence-electron chi connectivity index (χ1n) is 7.76. The SMILES string of the molecule is CCSc1ccc(NC(=O)CCNC(=O)Nc2ccc(Br)cc2)cn1. The molecule has 8 heteroatoms. The highest BCUT2D eigenvalue weighted by Crippen LogP contribution is 2.16. The third-order valence-corrected chi connectivity index (χ3v) is 4.41. The molecule has 0 saturated carbocycles. The van der Waals surface area contributed by atoms with E-state index in [0.29, 0.717) is 11.4 Å². The maximum atomic E-state index is 11.9. The second kappa shape index (κ2) is 10.0. The predicted molar refractivity (Wildman–Crippen MR) is 105 cm³/mol. The molecule has 0 aliphatic carbocycles. The molecule has 2 aromatic rings. The van der Waals surface area contributed by atoms with E-state index in [1.165, 1.54) is 0 Å². The summed E-state index contributed by atoms with van der Waals surface area (Å²) in [7, 11) is 0. The van der Waals surface area contributed by atoms with E-state index in [1.807, 2.05) is 24.3 Å². The quantitative estimate of drug-likeness (QED) is 0.586. The lowest BCUT2D eigenvalue weighted by Crippen LogP contribution is -2.31. The number of hydrogen-bond donors (Lipinski definition) is 3. The molecule has 0 aliphatic heterocycles. The van der Waals surface area contributed by atoms with Crippen molar-refractivity contribution in [2.24, 2.45) is 0 Å². The predicted octanol–water partition coefficient (Wildman–Crippen LogP) is 4.11. The van der Waals surface area contributed by atoms with Gasteiger partial charge in [-0.15, -0.1) is 11.8 Å². The number of amides is 3. The lowest BCUT2D eigenvalue weighted by Gasteiger charge is -2.08. The van der Waals surface area contributed by atoms with Gasteiger partial charge in [-0.05, 0) is 42.2 Å². The highest BCUT2D eigenvalue weighted by atomic mass is 79.9. The molecule has 1 heterocycles. The molecule has 0 unspecified atom stereocenters. The van der Waals surface area contributed by atoms with E-state index in [2.05, 4.69) is 43.8 Å². The fourth-order valence-corrected chi connectivity index (χ4v) is 2.76. The molecule has 2 rings (SSSR count). The van der Waals surface area contributed by atoms with E-state index in [4.69, 9.17) is 0 Å². The van der Waals surface area contributed by atoms with Crippen LogP contribution in [0.4, 0.5) is 16.2 Å². The molecule has 132 valence electrons. The van der Waals surface area contributed by atoms with Gasteiger partial charge in [0.1, 0.15) is 0 Å². The number of thioether (sulfide) groups is 1. The lowest BCUT2D eigenvalue weighted by atomic mass is 10.3. The molecule has 3 N–H and O–H groups in total. The second-order valence-corrected chi connectivity index (χ2v) is 7.20. The first-order chi connectivity index (χ1) is 12.1. The number of halogens is 1. The Balaban J connectivity index is 1.69. The van der Waals surface area contributed by atoms with E-state index in [9.17, 15) is 9.59 Å². The van der Waals surface area contributed by atoms with Crippen LogP contribution in [-0.2, 0) is 4.79 Å². The van der Waals surface area contributed by atoms with E-state index in [1.54, 1.807) is 30.1 Å². The van der Waals surface area contributed by atoms with Crippen LogP contribution < -0.4 is 16.0 Å². The summed E-state index contributed by atoms with van der Waals surface area (Å²) in [4.78, 5) is 27.9. The zero-order valence-corrected chi connectivity index (χ0v) is 16.1. The number of carbonyl (C=O) groups is 2. The molecule has 0 radical (unpaired) electrons. The van der Waals surface area contributed by atoms with Gasteiger partial charge in [-0.2, -0.15) is 0 Å². The lowest BCUT2D eigenvalue weighted by molar-refractivity contribution is -0.116. The van der Waals surface area contributed by atoms with Gasteiger partial charge < -0.3 is 16.0 Å². The summed E-state index contributed by atoms with van der Waals surface area (Å²) in [6, 6.07) is 10.6. The Morgan fingerprint density at radius 2 is 1.80 bits per heavy atom. The van der Waals surface area contributed by atoms with E-state index < -0.39 is 0 Å². The molecule has 25 heavy (non-hydrogen) atoms. The maximum Gasteiger partial charge on any atom is 0.319 e. The van der Waals surface area contributed by atoms with Gasteiger partial charge >= 0.3 is 6.03 Å². The van der Waals surface area contributed by atoms with Crippen molar-refractivity contribution in [3.63, 3.8) is 0 Å². The summed E-state index contributed by atoms with van der Waals surface area (Å²) in [5.74, 6) is 0.772. The van der Waals surface area contributed by atoms with Gasteiger partial charge in [0.2, 0.25) is 5.91 Å². The smallest absolute Gasteiger partial charge is 0.319 e. The van der Waals surface area contributed by atoms with Crippen molar-refractivity contribution < 1.29 is 9.59 Å². The summed E-state index contributed by atoms with van der Waals surface area (Å²) in [5, 5.41) is 9.02. The highest BCUT2D eigenvalue weighted by Gasteiger charge is 2.05. The molecule has 0 atom stereocenters. The van der Waals surface area contributed by atoms with Crippen LogP contribution in [-0.4, -0.2) is 29.2 Å². The number of benzene rings is 1. The number of aromatic nitrogens is 1. The highest BCUT2D eigenvalue weighted by molar-refractivity contribution is 9.10. The zero-order valence-electron chi connectivity index (χ0n) is 13.7. The average Bonchev–Trinajstić information content (AvgIpc) is 2.59. The van der Waals surface area contributed by atoms with Crippen LogP contribution in [0, 0.1) is 0 Å². The fraction of sp³-hybridized carbons (Fsp3) is 0.235. The van der Waals surface area contributed by atoms with Crippen molar-refractivity contribution in [3.05, 3.63) is 47.1 Å². The van der Waals surface area contributed by atoms with Crippen LogP contribution in [0.3, 0.4) is 0 Å². The van der Waals surface area contributed by atoms with Crippen LogP contribution in [0.15, 0.2) is 52.1 Å². The van der Waals surface area contributed by atoms with Crippen LogP contribution in [0.25, 0.3) is 0 Å². The molecule has 1 aromatic carbocycles. The Labute approximate surface area is 159 Å². The largest absolute Gasteiger partial charge is 0.337 e. The monoisotopic (exact) mass is 422 g/mol. The third-order valence-electron chi connectivity index (χ3n) is 3.05. The molecule has 0 saturated heterocycles. The summed E-state index contributed by atoms with van der Waals surface area (Å²) >= 11 is 4.97. The van der Waals surface area contributed by atoms with Crippen LogP contribution >= 0.6 is 27.7 Å². The third kappa shape index (κ3) is 7.15. The van der Waals surface area contributed by atoms with E-state index >= 15 is 0 Å². The Kier molecular flexibility index (Phi) is 7.75. The van der Waals surface area contributed by atoms with Crippen molar-refractivity contribution in [3.8, 4) is 0 Å². The molecule has 0 bridgehead atoms. The number of anilines is 2. The summed E-state index contributed by atoms with van der Waals surface area (Å²) in [5.41, 5.74) is 1.33. The van der Waals surface area contributed by atoms with Crippen molar-refractivity contribution >= 4 is 51.0 Å². The minimum Gasteiger partial charge on any atom is -0.337 e. The number of pyridine rings is 1. The van der Waals surface area contributed by atoms with Gasteiger partial charge in [0.05, 0.1) is 16.9 Å². The Bertz CT molecular complexity index is 708. The molecule has 6 nitrogen and oxygen atoms in total. The number of rotatable bonds is 7. The molecule has 0 fully saturated rings. The fourth-order valence-electron chi connectivity index (χ4n) is 1.91. The minimum atomic E-state index is -0.349. The molecule has 3 amide bonds.